The van der Waals surface area contributed by atoms with E-state index in [-0.39, 0.29) is 40.2 Å². The van der Waals surface area contributed by atoms with E-state index in [0.717, 1.165) is 81.9 Å². The van der Waals surface area contributed by atoms with Gasteiger partial charge < -0.3 is 39.3 Å². The van der Waals surface area contributed by atoms with Gasteiger partial charge in [0.2, 0.25) is 0 Å². The third-order valence-corrected chi connectivity index (χ3v) is 15.1. The van der Waals surface area contributed by atoms with Crippen LogP contribution in [0.3, 0.4) is 0 Å². The minimum Gasteiger partial charge on any atom is -0.400 e. The van der Waals surface area contributed by atoms with Crippen LogP contribution in [0.15, 0.2) is 334 Å². The maximum absolute atomic E-state index is 10.7. The van der Waals surface area contributed by atoms with E-state index in [1.807, 2.05) is 182 Å². The Morgan fingerprint density at radius 1 is 0.320 bits per heavy atom. The zero-order chi connectivity index (χ0) is 69.0. The fraction of sp³-hybridized carbons (Fsp3) is 0.0366. The summed E-state index contributed by atoms with van der Waals surface area (Å²) < 4.78 is 62.1. The SMILES string of the molecule is CO.CO.O=S(=O)(O)C(F)(F)F.[Ir].[Ir].[c-]1ccccc1-c1ccc(-n2c3ccccc3c3ccccc32)cn1.[c-]1ccccc1-c1ccccn1.[c-]1ccccc1-c1ccccn1.[c-]1ccccc1-c1ccccn1.c1ccc(-c2ccc(-n3c4ccccc4c4ccccc43)cn2)cc1. The summed E-state index contributed by atoms with van der Waals surface area (Å²) in [6, 6.07) is 114. The molecule has 16 aromatic rings. The molecule has 7 heterocycles. The van der Waals surface area contributed by atoms with Crippen molar-refractivity contribution in [2.24, 2.45) is 0 Å². The van der Waals surface area contributed by atoms with Crippen molar-refractivity contribution in [2.45, 2.75) is 5.51 Å². The van der Waals surface area contributed by atoms with Gasteiger partial charge in [-0.25, -0.2) is 0 Å². The van der Waals surface area contributed by atoms with Crippen LogP contribution in [0.4, 0.5) is 13.2 Å². The maximum Gasteiger partial charge on any atom is 0.522 e. The Morgan fingerprint density at radius 3 is 0.830 bits per heavy atom. The van der Waals surface area contributed by atoms with Crippen LogP contribution in [-0.2, 0) is 50.3 Å². The summed E-state index contributed by atoms with van der Waals surface area (Å²) in [6.07, 6.45) is 9.26. The number of hydrogen-bond acceptors (Lipinski definition) is 9. The summed E-state index contributed by atoms with van der Waals surface area (Å²) in [5.41, 5.74) is 11.5. The molecule has 0 aliphatic carbocycles. The molecule has 2 radical (unpaired) electrons. The molecule has 0 spiro atoms. The van der Waals surface area contributed by atoms with Gasteiger partial charge in [-0.15, -0.1) is 144 Å². The molecule has 7 aromatic heterocycles. The third-order valence-electron chi connectivity index (χ3n) is 14.5. The predicted molar refractivity (Wildman–Crippen MR) is 386 cm³/mol. The largest absolute Gasteiger partial charge is 0.522 e. The van der Waals surface area contributed by atoms with E-state index in [1.54, 1.807) is 18.6 Å². The molecule has 12 nitrogen and oxygen atoms in total. The Morgan fingerprint density at radius 2 is 0.580 bits per heavy atom. The number of benzene rings is 9. The van der Waals surface area contributed by atoms with E-state index in [2.05, 4.69) is 187 Å². The summed E-state index contributed by atoms with van der Waals surface area (Å²) in [5, 5.41) is 19.1. The smallest absolute Gasteiger partial charge is 0.400 e. The van der Waals surface area contributed by atoms with Crippen LogP contribution in [0.5, 0.6) is 0 Å². The molecule has 18 heteroatoms. The summed E-state index contributed by atoms with van der Waals surface area (Å²) in [6.45, 7) is 0. The number of rotatable bonds is 7. The van der Waals surface area contributed by atoms with Crippen molar-refractivity contribution in [2.75, 3.05) is 14.2 Å². The molecule has 0 aliphatic heterocycles. The summed E-state index contributed by atoms with van der Waals surface area (Å²) >= 11 is 0. The van der Waals surface area contributed by atoms with Crippen LogP contribution in [0.2, 0.25) is 0 Å². The van der Waals surface area contributed by atoms with Crippen molar-refractivity contribution in [3.8, 4) is 67.7 Å². The monoisotopic (exact) mass is 1700 g/mol. The van der Waals surface area contributed by atoms with Gasteiger partial charge >= 0.3 is 15.6 Å². The molecule has 0 unspecified atom stereocenters. The van der Waals surface area contributed by atoms with Gasteiger partial charge in [0.15, 0.2) is 0 Å². The molecule has 100 heavy (non-hydrogen) atoms. The molecule has 3 N–H and O–H groups in total. The van der Waals surface area contributed by atoms with Crippen molar-refractivity contribution in [3.05, 3.63) is 359 Å². The van der Waals surface area contributed by atoms with Crippen LogP contribution >= 0.6 is 0 Å². The number of pyridine rings is 5. The second-order valence-corrected chi connectivity index (χ2v) is 22.0. The molecular formula is C82H64F3Ir2N7O5S-4. The van der Waals surface area contributed by atoms with E-state index < -0.39 is 15.6 Å². The Balaban J connectivity index is 0.000000174. The number of hydrogen-bond donors (Lipinski definition) is 3. The van der Waals surface area contributed by atoms with Crippen molar-refractivity contribution in [3.63, 3.8) is 0 Å². The first-order valence-corrected chi connectivity index (χ1v) is 31.9. The van der Waals surface area contributed by atoms with Crippen molar-refractivity contribution in [1.29, 1.82) is 0 Å². The number of nitrogens with zero attached hydrogens (tertiary/aromatic N) is 7. The Hall–Kier alpha value is -10.8. The molecule has 9 aromatic carbocycles. The molecular weight excluding hydrogens is 1640 g/mol. The maximum atomic E-state index is 10.7. The van der Waals surface area contributed by atoms with Gasteiger partial charge in [-0.3, -0.25) is 9.54 Å². The van der Waals surface area contributed by atoms with Gasteiger partial charge in [-0.2, -0.15) is 21.6 Å². The van der Waals surface area contributed by atoms with E-state index in [4.69, 9.17) is 28.2 Å². The van der Waals surface area contributed by atoms with Gasteiger partial charge in [0.25, 0.3) is 0 Å². The van der Waals surface area contributed by atoms with Crippen molar-refractivity contribution < 1.29 is 76.6 Å². The van der Waals surface area contributed by atoms with Gasteiger partial charge in [-0.1, -0.05) is 146 Å². The van der Waals surface area contributed by atoms with Crippen molar-refractivity contribution >= 4 is 53.7 Å². The zero-order valence-corrected chi connectivity index (χ0v) is 59.4. The zero-order valence-electron chi connectivity index (χ0n) is 53.8. The second kappa shape index (κ2) is 39.0. The summed E-state index contributed by atoms with van der Waals surface area (Å²) in [5.74, 6) is 0. The molecule has 0 fully saturated rings. The first-order valence-electron chi connectivity index (χ1n) is 30.5. The minimum absolute atomic E-state index is 0. The Bertz CT molecular complexity index is 4530. The number of para-hydroxylation sites is 4. The van der Waals surface area contributed by atoms with E-state index in [9.17, 15) is 13.2 Å². The van der Waals surface area contributed by atoms with Crippen LogP contribution in [0.25, 0.3) is 111 Å². The number of alkyl halides is 3. The molecule has 16 rings (SSSR count). The van der Waals surface area contributed by atoms with Gasteiger partial charge in [0.05, 0.1) is 45.3 Å². The standard InChI is InChI=1S/C23H16N2.C23H15N2.3C11H8N.CHF3O3S.2CH4O.2Ir/c2*1-2-8-17(9-3-1)21-15-14-18(16-24-21)25-22-12-6-4-10-19(22)20-11-5-7-13-23(20)25;3*1-2-6-10(7-3-1)11-8-4-5-9-12-11;2-1(3,4)8(5,6)7;2*1-2;;/h1-16H;1-8,10-16H;3*1-6,8-9H;(H,5,6,7);2*2H,1H3;;/q;4*-1;;;;;. The third kappa shape index (κ3) is 20.4. The quantitative estimate of drug-likeness (QED) is 0.0793. The normalized spacial score (nSPS) is 10.3. The van der Waals surface area contributed by atoms with Crippen molar-refractivity contribution in [1.82, 2.24) is 34.1 Å². The first-order chi connectivity index (χ1) is 48.0. The molecule has 0 atom stereocenters. The first kappa shape index (κ1) is 76.6. The number of aliphatic hydroxyl groups is 2. The average Bonchev–Trinajstić information content (AvgIpc) is 1.61. The topological polar surface area (TPSA) is 169 Å². The molecule has 0 saturated carbocycles. The second-order valence-electron chi connectivity index (χ2n) is 20.6. The molecule has 0 aliphatic rings. The Labute approximate surface area is 606 Å². The molecule has 0 bridgehead atoms. The molecule has 0 amide bonds. The fourth-order valence-electron chi connectivity index (χ4n) is 10.2. The molecule has 0 saturated heterocycles. The average molecular weight is 1700 g/mol. The van der Waals surface area contributed by atoms with Gasteiger partial charge in [-0.05, 0) is 83.4 Å². The van der Waals surface area contributed by atoms with Crippen LogP contribution in [0, 0.1) is 24.3 Å². The van der Waals surface area contributed by atoms with Gasteiger partial charge in [0, 0.05) is 106 Å². The molecule has 506 valence electrons. The van der Waals surface area contributed by atoms with Crippen LogP contribution < -0.4 is 0 Å². The van der Waals surface area contributed by atoms with Gasteiger partial charge in [0.1, 0.15) is 0 Å². The number of fused-ring (bicyclic) bond motifs is 6. The van der Waals surface area contributed by atoms with E-state index in [1.165, 1.54) is 43.6 Å². The van der Waals surface area contributed by atoms with Crippen LogP contribution in [0.1, 0.15) is 0 Å². The Kier molecular flexibility index (Phi) is 29.9. The number of halogens is 3. The summed E-state index contributed by atoms with van der Waals surface area (Å²) in [7, 11) is -3.84. The fourth-order valence-corrected chi connectivity index (χ4v) is 10.2. The summed E-state index contributed by atoms with van der Waals surface area (Å²) in [4.78, 5) is 22.0. The number of aliphatic hydroxyl groups excluding tert-OH is 2. The van der Waals surface area contributed by atoms with E-state index in [0.29, 0.717) is 0 Å². The number of aromatic nitrogens is 7. The van der Waals surface area contributed by atoms with Crippen LogP contribution in [-0.4, -0.2) is 77.0 Å². The predicted octanol–water partition coefficient (Wildman–Crippen LogP) is 18.7. The minimum atomic E-state index is -5.84. The van der Waals surface area contributed by atoms with E-state index >= 15 is 0 Å².